The maximum absolute atomic E-state index is 12.3. The van der Waals surface area contributed by atoms with Crippen LogP contribution in [0.2, 0.25) is 0 Å². The summed E-state index contributed by atoms with van der Waals surface area (Å²) in [4.78, 5) is 12.3. The summed E-state index contributed by atoms with van der Waals surface area (Å²) >= 11 is 3.49. The molecule has 0 aliphatic heterocycles. The minimum Gasteiger partial charge on any atom is -0.496 e. The first-order valence-electron chi connectivity index (χ1n) is 8.98. The van der Waals surface area contributed by atoms with Crippen LogP contribution in [-0.4, -0.2) is 29.3 Å². The standard InChI is InChI=1S/C19H25BrN4O2/c1-13(14-7-8-17(26-2)16(20)11-14)21-12-19(25)23-18-9-10-22-24(18)15-5-3-4-6-15/h7-11,13,15,21H,3-6,12H2,1-2H3,(H,23,25)/t13-/m1/s1. The summed E-state index contributed by atoms with van der Waals surface area (Å²) in [5, 5.41) is 10.6. The SMILES string of the molecule is COc1ccc([C@@H](C)NCC(=O)Nc2ccnn2C2CCCC2)cc1Br. The molecule has 1 atom stereocenters. The lowest BCUT2D eigenvalue weighted by Gasteiger charge is -2.17. The van der Waals surface area contributed by atoms with Crippen LogP contribution in [0.5, 0.6) is 5.75 Å². The van der Waals surface area contributed by atoms with Gasteiger partial charge in [-0.05, 0) is 53.4 Å². The van der Waals surface area contributed by atoms with Crippen LogP contribution in [0.3, 0.4) is 0 Å². The lowest BCUT2D eigenvalue weighted by molar-refractivity contribution is -0.115. The van der Waals surface area contributed by atoms with Gasteiger partial charge in [0, 0.05) is 12.1 Å². The number of halogens is 1. The fraction of sp³-hybridized carbons (Fsp3) is 0.474. The van der Waals surface area contributed by atoms with Crippen molar-refractivity contribution in [2.75, 3.05) is 19.0 Å². The summed E-state index contributed by atoms with van der Waals surface area (Å²) in [7, 11) is 1.64. The topological polar surface area (TPSA) is 68.2 Å². The van der Waals surface area contributed by atoms with Crippen LogP contribution < -0.4 is 15.4 Å². The van der Waals surface area contributed by atoms with E-state index in [1.165, 1.54) is 12.8 Å². The molecular weight excluding hydrogens is 396 g/mol. The minimum absolute atomic E-state index is 0.0442. The van der Waals surface area contributed by atoms with Gasteiger partial charge in [0.1, 0.15) is 11.6 Å². The summed E-state index contributed by atoms with van der Waals surface area (Å²) < 4.78 is 8.10. The summed E-state index contributed by atoms with van der Waals surface area (Å²) in [5.74, 6) is 1.51. The third kappa shape index (κ3) is 4.45. The van der Waals surface area contributed by atoms with Crippen molar-refractivity contribution in [1.29, 1.82) is 0 Å². The highest BCUT2D eigenvalue weighted by molar-refractivity contribution is 9.10. The molecule has 1 saturated carbocycles. The molecule has 0 unspecified atom stereocenters. The summed E-state index contributed by atoms with van der Waals surface area (Å²) in [6, 6.07) is 8.22. The molecule has 26 heavy (non-hydrogen) atoms. The van der Waals surface area contributed by atoms with Gasteiger partial charge in [0.2, 0.25) is 5.91 Å². The van der Waals surface area contributed by atoms with Crippen molar-refractivity contribution in [3.63, 3.8) is 0 Å². The quantitative estimate of drug-likeness (QED) is 0.708. The number of nitrogens with zero attached hydrogens (tertiary/aromatic N) is 2. The first-order chi connectivity index (χ1) is 12.6. The van der Waals surface area contributed by atoms with Crippen LogP contribution in [0.1, 0.15) is 50.3 Å². The van der Waals surface area contributed by atoms with E-state index in [2.05, 4.69) is 31.7 Å². The van der Waals surface area contributed by atoms with Crippen LogP contribution in [0.4, 0.5) is 5.82 Å². The van der Waals surface area contributed by atoms with Crippen molar-refractivity contribution in [3.05, 3.63) is 40.5 Å². The van der Waals surface area contributed by atoms with E-state index in [4.69, 9.17) is 4.74 Å². The number of carbonyl (C=O) groups excluding carboxylic acids is 1. The number of benzene rings is 1. The van der Waals surface area contributed by atoms with Crippen molar-refractivity contribution in [1.82, 2.24) is 15.1 Å². The van der Waals surface area contributed by atoms with E-state index in [1.807, 2.05) is 35.9 Å². The summed E-state index contributed by atoms with van der Waals surface area (Å²) in [6.45, 7) is 2.27. The molecule has 1 aromatic carbocycles. The number of anilines is 1. The molecule has 1 heterocycles. The maximum Gasteiger partial charge on any atom is 0.239 e. The lowest BCUT2D eigenvalue weighted by atomic mass is 10.1. The zero-order valence-corrected chi connectivity index (χ0v) is 16.8. The minimum atomic E-state index is -0.0656. The van der Waals surface area contributed by atoms with Gasteiger partial charge in [0.05, 0.1) is 30.4 Å². The largest absolute Gasteiger partial charge is 0.496 e. The molecular formula is C19H25BrN4O2. The monoisotopic (exact) mass is 420 g/mol. The van der Waals surface area contributed by atoms with Crippen LogP contribution in [0.15, 0.2) is 34.9 Å². The number of carbonyl (C=O) groups is 1. The number of methoxy groups -OCH3 is 1. The predicted octanol–water partition coefficient (Wildman–Crippen LogP) is 4.06. The summed E-state index contributed by atoms with van der Waals surface area (Å²) in [5.41, 5.74) is 1.08. The van der Waals surface area contributed by atoms with E-state index < -0.39 is 0 Å². The molecule has 2 aromatic rings. The van der Waals surface area contributed by atoms with Crippen molar-refractivity contribution in [2.45, 2.75) is 44.7 Å². The number of aromatic nitrogens is 2. The molecule has 1 aliphatic carbocycles. The Hall–Kier alpha value is -1.86. The fourth-order valence-electron chi connectivity index (χ4n) is 3.36. The van der Waals surface area contributed by atoms with Crippen LogP contribution in [-0.2, 0) is 4.79 Å². The summed E-state index contributed by atoms with van der Waals surface area (Å²) in [6.07, 6.45) is 6.47. The predicted molar refractivity (Wildman–Crippen MR) is 105 cm³/mol. The van der Waals surface area contributed by atoms with E-state index >= 15 is 0 Å². The highest BCUT2D eigenvalue weighted by atomic mass is 79.9. The van der Waals surface area contributed by atoms with Crippen LogP contribution in [0.25, 0.3) is 0 Å². The molecule has 140 valence electrons. The molecule has 6 nitrogen and oxygen atoms in total. The molecule has 0 saturated heterocycles. The maximum atomic E-state index is 12.3. The third-order valence-electron chi connectivity index (χ3n) is 4.85. The van der Waals surface area contributed by atoms with E-state index in [9.17, 15) is 4.79 Å². The number of ether oxygens (including phenoxy) is 1. The Morgan fingerprint density at radius 2 is 2.15 bits per heavy atom. The van der Waals surface area contributed by atoms with Crippen molar-refractivity contribution < 1.29 is 9.53 Å². The van der Waals surface area contributed by atoms with Crippen molar-refractivity contribution in [2.24, 2.45) is 0 Å². The molecule has 1 aromatic heterocycles. The molecule has 2 N–H and O–H groups in total. The average Bonchev–Trinajstić information content (AvgIpc) is 3.30. The molecule has 1 fully saturated rings. The second-order valence-electron chi connectivity index (χ2n) is 6.64. The van der Waals surface area contributed by atoms with Crippen LogP contribution >= 0.6 is 15.9 Å². The Bertz CT molecular complexity index is 756. The van der Waals surface area contributed by atoms with E-state index in [1.54, 1.807) is 13.3 Å². The van der Waals surface area contributed by atoms with Gasteiger partial charge >= 0.3 is 0 Å². The average molecular weight is 421 g/mol. The molecule has 7 heteroatoms. The second-order valence-corrected chi connectivity index (χ2v) is 7.50. The van der Waals surface area contributed by atoms with Gasteiger partial charge < -0.3 is 15.4 Å². The Kier molecular flexibility index (Phi) is 6.32. The first-order valence-corrected chi connectivity index (χ1v) is 9.78. The smallest absolute Gasteiger partial charge is 0.239 e. The number of amides is 1. The number of hydrogen-bond acceptors (Lipinski definition) is 4. The number of nitrogens with one attached hydrogen (secondary N) is 2. The molecule has 0 radical (unpaired) electrons. The van der Waals surface area contributed by atoms with Gasteiger partial charge in [-0.2, -0.15) is 5.10 Å². The normalized spacial score (nSPS) is 15.8. The van der Waals surface area contributed by atoms with Gasteiger partial charge in [-0.15, -0.1) is 0 Å². The molecule has 3 rings (SSSR count). The highest BCUT2D eigenvalue weighted by Gasteiger charge is 2.20. The molecule has 1 amide bonds. The van der Waals surface area contributed by atoms with Crippen LogP contribution in [0, 0.1) is 0 Å². The van der Waals surface area contributed by atoms with Crippen molar-refractivity contribution in [3.8, 4) is 5.75 Å². The van der Waals surface area contributed by atoms with Gasteiger partial charge in [-0.25, -0.2) is 4.68 Å². The number of rotatable bonds is 7. The number of hydrogen-bond donors (Lipinski definition) is 2. The molecule has 0 bridgehead atoms. The fourth-order valence-corrected chi connectivity index (χ4v) is 3.91. The van der Waals surface area contributed by atoms with E-state index in [0.29, 0.717) is 6.04 Å². The second kappa shape index (κ2) is 8.68. The third-order valence-corrected chi connectivity index (χ3v) is 5.47. The van der Waals surface area contributed by atoms with Crippen molar-refractivity contribution >= 4 is 27.7 Å². The molecule has 1 aliphatic rings. The molecule has 0 spiro atoms. The highest BCUT2D eigenvalue weighted by Crippen LogP contribution is 2.31. The Morgan fingerprint density at radius 3 is 2.85 bits per heavy atom. The van der Waals surface area contributed by atoms with E-state index in [-0.39, 0.29) is 18.5 Å². The zero-order chi connectivity index (χ0) is 18.5. The van der Waals surface area contributed by atoms with Gasteiger partial charge in [0.25, 0.3) is 0 Å². The van der Waals surface area contributed by atoms with Gasteiger partial charge in [-0.1, -0.05) is 18.9 Å². The Labute approximate surface area is 162 Å². The Balaban J connectivity index is 1.54. The van der Waals surface area contributed by atoms with Gasteiger partial charge in [0.15, 0.2) is 0 Å². The lowest BCUT2D eigenvalue weighted by Crippen LogP contribution is -2.31. The van der Waals surface area contributed by atoms with Gasteiger partial charge in [-0.3, -0.25) is 4.79 Å². The van der Waals surface area contributed by atoms with E-state index in [0.717, 1.165) is 34.4 Å². The zero-order valence-electron chi connectivity index (χ0n) is 15.2. The Morgan fingerprint density at radius 1 is 1.38 bits per heavy atom. The first kappa shape index (κ1) is 18.9.